The Labute approximate surface area is 118 Å². The van der Waals surface area contributed by atoms with Gasteiger partial charge in [0.1, 0.15) is 5.75 Å². The molecule has 1 rings (SSSR count). The van der Waals surface area contributed by atoms with Crippen molar-refractivity contribution in [3.8, 4) is 5.75 Å². The zero-order valence-electron chi connectivity index (χ0n) is 11.7. The molecule has 2 N–H and O–H groups in total. The summed E-state index contributed by atoms with van der Waals surface area (Å²) in [6.07, 6.45) is 2.62. The number of aryl methyl sites for hydroxylation is 2. The predicted molar refractivity (Wildman–Crippen MR) is 76.2 cm³/mol. The van der Waals surface area contributed by atoms with Crippen molar-refractivity contribution in [3.63, 3.8) is 0 Å². The van der Waals surface area contributed by atoms with Crippen LogP contribution in [-0.4, -0.2) is 13.2 Å². The number of hydrogen-bond acceptors (Lipinski definition) is 2. The second-order valence-corrected chi connectivity index (χ2v) is 4.23. The van der Waals surface area contributed by atoms with Crippen LogP contribution in [0.3, 0.4) is 0 Å². The summed E-state index contributed by atoms with van der Waals surface area (Å²) in [6, 6.07) is 3.45. The topological polar surface area (TPSA) is 35.2 Å². The summed E-state index contributed by atoms with van der Waals surface area (Å²) >= 11 is 5.89. The van der Waals surface area contributed by atoms with Crippen molar-refractivity contribution >= 4 is 11.6 Å². The Morgan fingerprint density at radius 2 is 1.89 bits per heavy atom. The first-order valence-corrected chi connectivity index (χ1v) is 6.86. The van der Waals surface area contributed by atoms with E-state index < -0.39 is 6.61 Å². The highest BCUT2D eigenvalue weighted by Crippen LogP contribution is 2.31. The Balaban J connectivity index is 0.00000154. The maximum absolute atomic E-state index is 12.2. The highest BCUT2D eigenvalue weighted by molar-refractivity contribution is 6.32. The van der Waals surface area contributed by atoms with Crippen molar-refractivity contribution in [1.82, 2.24) is 0 Å². The highest BCUT2D eigenvalue weighted by Gasteiger charge is 2.11. The molecular formula is C14H22ClF2NO. The molecular weight excluding hydrogens is 272 g/mol. The second kappa shape index (κ2) is 9.98. The minimum Gasteiger partial charge on any atom is -0.433 e. The average Bonchev–Trinajstić information content (AvgIpc) is 2.37. The number of ether oxygens (including phenoxy) is 1. The molecule has 0 unspecified atom stereocenters. The SMILES string of the molecule is CC.Cc1cc(CCCCN)cc(OC(F)F)c1Cl. The molecule has 0 spiro atoms. The molecule has 0 saturated carbocycles. The van der Waals surface area contributed by atoms with Gasteiger partial charge in [0.05, 0.1) is 5.02 Å². The molecule has 0 aromatic heterocycles. The first-order valence-electron chi connectivity index (χ1n) is 6.48. The van der Waals surface area contributed by atoms with E-state index in [9.17, 15) is 8.78 Å². The molecule has 19 heavy (non-hydrogen) atoms. The van der Waals surface area contributed by atoms with Gasteiger partial charge in [0.2, 0.25) is 0 Å². The molecule has 0 amide bonds. The van der Waals surface area contributed by atoms with E-state index in [-0.39, 0.29) is 10.8 Å². The first-order chi connectivity index (χ1) is 9.04. The summed E-state index contributed by atoms with van der Waals surface area (Å²) in [4.78, 5) is 0. The Morgan fingerprint density at radius 3 is 2.42 bits per heavy atom. The van der Waals surface area contributed by atoms with Crippen molar-refractivity contribution < 1.29 is 13.5 Å². The van der Waals surface area contributed by atoms with E-state index in [1.165, 1.54) is 0 Å². The van der Waals surface area contributed by atoms with Gasteiger partial charge in [-0.2, -0.15) is 8.78 Å². The van der Waals surface area contributed by atoms with Gasteiger partial charge in [-0.05, 0) is 49.9 Å². The molecule has 0 atom stereocenters. The van der Waals surface area contributed by atoms with Crippen LogP contribution in [0.5, 0.6) is 5.75 Å². The number of halogens is 3. The predicted octanol–water partition coefficient (Wildman–Crippen LogP) is 4.56. The van der Waals surface area contributed by atoms with Crippen LogP contribution in [0.1, 0.15) is 37.8 Å². The summed E-state index contributed by atoms with van der Waals surface area (Å²) in [6.45, 7) is 3.55. The van der Waals surface area contributed by atoms with Gasteiger partial charge in [0.15, 0.2) is 0 Å². The molecule has 0 bridgehead atoms. The van der Waals surface area contributed by atoms with Crippen LogP contribution < -0.4 is 10.5 Å². The maximum Gasteiger partial charge on any atom is 0.387 e. The van der Waals surface area contributed by atoms with E-state index in [1.54, 1.807) is 13.0 Å². The maximum atomic E-state index is 12.2. The normalized spacial score (nSPS) is 10.1. The summed E-state index contributed by atoms with van der Waals surface area (Å²) in [5.74, 6) is 0.0458. The highest BCUT2D eigenvalue weighted by atomic mass is 35.5. The molecule has 1 aromatic rings. The zero-order valence-corrected chi connectivity index (χ0v) is 12.4. The Kier molecular flexibility index (Phi) is 9.53. The second-order valence-electron chi connectivity index (χ2n) is 3.85. The number of unbranched alkanes of at least 4 members (excludes halogenated alkanes) is 1. The van der Waals surface area contributed by atoms with Crippen molar-refractivity contribution in [2.24, 2.45) is 5.73 Å². The number of benzene rings is 1. The van der Waals surface area contributed by atoms with E-state index in [0.29, 0.717) is 6.54 Å². The molecule has 0 heterocycles. The molecule has 0 radical (unpaired) electrons. The molecule has 5 heteroatoms. The van der Waals surface area contributed by atoms with Crippen LogP contribution in [0.25, 0.3) is 0 Å². The van der Waals surface area contributed by atoms with Gasteiger partial charge >= 0.3 is 6.61 Å². The lowest BCUT2D eigenvalue weighted by Crippen LogP contribution is -2.04. The third-order valence-electron chi connectivity index (χ3n) is 2.42. The number of rotatable bonds is 6. The molecule has 0 aliphatic heterocycles. The fraction of sp³-hybridized carbons (Fsp3) is 0.571. The summed E-state index contributed by atoms with van der Waals surface area (Å²) in [5.41, 5.74) is 7.08. The number of alkyl halides is 2. The van der Waals surface area contributed by atoms with Crippen LogP contribution in [0.2, 0.25) is 5.02 Å². The van der Waals surface area contributed by atoms with Gasteiger partial charge in [-0.1, -0.05) is 31.5 Å². The van der Waals surface area contributed by atoms with E-state index in [2.05, 4.69) is 4.74 Å². The zero-order chi connectivity index (χ0) is 14.8. The van der Waals surface area contributed by atoms with Crippen molar-refractivity contribution in [1.29, 1.82) is 0 Å². The molecule has 110 valence electrons. The van der Waals surface area contributed by atoms with E-state index in [0.717, 1.165) is 30.4 Å². The Hall–Kier alpha value is -0.870. The summed E-state index contributed by atoms with van der Waals surface area (Å²) < 4.78 is 28.7. The number of hydrogen-bond donors (Lipinski definition) is 1. The fourth-order valence-electron chi connectivity index (χ4n) is 1.61. The van der Waals surface area contributed by atoms with E-state index in [1.807, 2.05) is 19.9 Å². The monoisotopic (exact) mass is 293 g/mol. The Morgan fingerprint density at radius 1 is 1.26 bits per heavy atom. The standard InChI is InChI=1S/C12H16ClF2NO.C2H6/c1-8-6-9(4-2-3-5-16)7-10(11(8)13)17-12(14)15;1-2/h6-7,12H,2-5,16H2,1H3;1-2H3. The molecule has 0 aliphatic rings. The lowest BCUT2D eigenvalue weighted by Gasteiger charge is -2.11. The third-order valence-corrected chi connectivity index (χ3v) is 2.90. The van der Waals surface area contributed by atoms with Gasteiger partial charge in [-0.25, -0.2) is 0 Å². The minimum absolute atomic E-state index is 0.0458. The van der Waals surface area contributed by atoms with Crippen LogP contribution in [-0.2, 0) is 6.42 Å². The molecule has 0 aliphatic carbocycles. The average molecular weight is 294 g/mol. The molecule has 2 nitrogen and oxygen atoms in total. The summed E-state index contributed by atoms with van der Waals surface area (Å²) in [7, 11) is 0. The lowest BCUT2D eigenvalue weighted by molar-refractivity contribution is -0.0498. The summed E-state index contributed by atoms with van der Waals surface area (Å²) in [5, 5.41) is 0.243. The van der Waals surface area contributed by atoms with Gasteiger partial charge < -0.3 is 10.5 Å². The molecule has 0 fully saturated rings. The van der Waals surface area contributed by atoms with Gasteiger partial charge in [0.25, 0.3) is 0 Å². The molecule has 0 saturated heterocycles. The first kappa shape index (κ1) is 18.1. The van der Waals surface area contributed by atoms with Gasteiger partial charge in [0, 0.05) is 0 Å². The van der Waals surface area contributed by atoms with Crippen LogP contribution in [0, 0.1) is 6.92 Å². The number of nitrogens with two attached hydrogens (primary N) is 1. The van der Waals surface area contributed by atoms with Crippen LogP contribution >= 0.6 is 11.6 Å². The smallest absolute Gasteiger partial charge is 0.387 e. The minimum atomic E-state index is -2.86. The van der Waals surface area contributed by atoms with Gasteiger partial charge in [-0.3, -0.25) is 0 Å². The van der Waals surface area contributed by atoms with Crippen molar-refractivity contribution in [2.45, 2.75) is 46.6 Å². The van der Waals surface area contributed by atoms with Crippen molar-refractivity contribution in [3.05, 3.63) is 28.3 Å². The van der Waals surface area contributed by atoms with Crippen LogP contribution in [0.4, 0.5) is 8.78 Å². The third kappa shape index (κ3) is 6.73. The fourth-order valence-corrected chi connectivity index (χ4v) is 1.76. The van der Waals surface area contributed by atoms with Crippen LogP contribution in [0.15, 0.2) is 12.1 Å². The Bertz CT molecular complexity index is 373. The van der Waals surface area contributed by atoms with E-state index >= 15 is 0 Å². The van der Waals surface area contributed by atoms with Gasteiger partial charge in [-0.15, -0.1) is 0 Å². The van der Waals surface area contributed by atoms with Crippen molar-refractivity contribution in [2.75, 3.05) is 6.54 Å². The lowest BCUT2D eigenvalue weighted by atomic mass is 10.1. The largest absolute Gasteiger partial charge is 0.433 e. The molecule has 1 aromatic carbocycles. The van der Waals surface area contributed by atoms with E-state index in [4.69, 9.17) is 17.3 Å². The quantitative estimate of drug-likeness (QED) is 0.781.